The van der Waals surface area contributed by atoms with Crippen LogP contribution in [0.25, 0.3) is 21.2 Å². The third-order valence-electron chi connectivity index (χ3n) is 4.77. The van der Waals surface area contributed by atoms with Crippen LogP contribution in [0.3, 0.4) is 0 Å². The molecule has 0 fully saturated rings. The van der Waals surface area contributed by atoms with Crippen LogP contribution in [0.2, 0.25) is 0 Å². The number of carbonyl (C=O) groups is 1. The number of rotatable bonds is 6. The second-order valence-corrected chi connectivity index (χ2v) is 7.71. The van der Waals surface area contributed by atoms with E-state index in [4.69, 9.17) is 13.9 Å². The highest BCUT2D eigenvalue weighted by atomic mass is 32.1. The average Bonchev–Trinajstić information content (AvgIpc) is 3.14. The van der Waals surface area contributed by atoms with Crippen molar-refractivity contribution >= 4 is 38.5 Å². The Morgan fingerprint density at radius 2 is 2.03 bits per heavy atom. The number of thiazole rings is 1. The van der Waals surface area contributed by atoms with Crippen LogP contribution >= 0.6 is 11.3 Å². The maximum atomic E-state index is 12.4. The largest absolute Gasteiger partial charge is 0.497 e. The fourth-order valence-corrected chi connectivity index (χ4v) is 4.09. The van der Waals surface area contributed by atoms with Crippen molar-refractivity contribution in [3.05, 3.63) is 69.0 Å². The van der Waals surface area contributed by atoms with Crippen LogP contribution in [-0.4, -0.2) is 18.1 Å². The highest BCUT2D eigenvalue weighted by molar-refractivity contribution is 7.18. The predicted octanol–water partition coefficient (Wildman–Crippen LogP) is 4.40. The van der Waals surface area contributed by atoms with Crippen LogP contribution < -0.4 is 10.4 Å². The monoisotopic (exact) mass is 409 g/mol. The molecule has 6 nitrogen and oxygen atoms in total. The normalized spacial score (nSPS) is 11.1. The molecule has 0 spiro atoms. The number of fused-ring (bicyclic) bond motifs is 2. The molecule has 4 rings (SSSR count). The van der Waals surface area contributed by atoms with Crippen molar-refractivity contribution in [2.45, 2.75) is 26.4 Å². The van der Waals surface area contributed by atoms with Gasteiger partial charge in [-0.05, 0) is 43.2 Å². The van der Waals surface area contributed by atoms with Crippen molar-refractivity contribution < 1.29 is 18.7 Å². The quantitative estimate of drug-likeness (QED) is 0.347. The van der Waals surface area contributed by atoms with E-state index in [1.165, 1.54) is 11.3 Å². The topological polar surface area (TPSA) is 78.6 Å². The van der Waals surface area contributed by atoms with Crippen LogP contribution in [0, 0.1) is 6.92 Å². The zero-order valence-electron chi connectivity index (χ0n) is 16.1. The minimum absolute atomic E-state index is 0.0954. The van der Waals surface area contributed by atoms with Crippen LogP contribution in [0.1, 0.15) is 22.6 Å². The van der Waals surface area contributed by atoms with E-state index in [1.807, 2.05) is 43.3 Å². The molecule has 0 aliphatic rings. The second-order valence-electron chi connectivity index (χ2n) is 6.59. The highest BCUT2D eigenvalue weighted by Crippen LogP contribution is 2.25. The molecule has 2 heterocycles. The molecule has 0 aliphatic carbocycles. The van der Waals surface area contributed by atoms with Crippen LogP contribution in [0.4, 0.5) is 0 Å². The van der Waals surface area contributed by atoms with Gasteiger partial charge >= 0.3 is 11.6 Å². The molecule has 2 aromatic heterocycles. The molecular weight excluding hydrogens is 390 g/mol. The Hall–Kier alpha value is -3.19. The lowest BCUT2D eigenvalue weighted by Gasteiger charge is -2.09. The standard InChI is InChI=1S/C22H19NO5S/c1-13-15-8-7-14(26-2)11-18(15)28-22(25)16(13)9-10-21(24)27-12-20-23-17-5-3-4-6-19(17)29-20/h3-8,11H,9-10,12H2,1-2H3. The first-order chi connectivity index (χ1) is 14.0. The van der Waals surface area contributed by atoms with Crippen LogP contribution in [0.5, 0.6) is 5.75 Å². The van der Waals surface area contributed by atoms with E-state index in [1.54, 1.807) is 13.2 Å². The molecule has 7 heteroatoms. The van der Waals surface area contributed by atoms with E-state index < -0.39 is 5.63 Å². The fourth-order valence-electron chi connectivity index (χ4n) is 3.21. The smallest absolute Gasteiger partial charge is 0.339 e. The summed E-state index contributed by atoms with van der Waals surface area (Å²) in [6.45, 7) is 1.98. The SMILES string of the molecule is COc1ccc2c(C)c(CCC(=O)OCc3nc4ccccc4s3)c(=O)oc2c1. The molecule has 148 valence electrons. The molecule has 29 heavy (non-hydrogen) atoms. The summed E-state index contributed by atoms with van der Waals surface area (Å²) in [7, 11) is 1.56. The number of esters is 1. The number of aryl methyl sites for hydroxylation is 1. The van der Waals surface area contributed by atoms with E-state index in [0.717, 1.165) is 26.2 Å². The first-order valence-electron chi connectivity index (χ1n) is 9.15. The molecule has 4 aromatic rings. The van der Waals surface area contributed by atoms with Gasteiger partial charge in [-0.2, -0.15) is 0 Å². The number of carbonyl (C=O) groups excluding carboxylic acids is 1. The summed E-state index contributed by atoms with van der Waals surface area (Å²) in [5.74, 6) is 0.240. The summed E-state index contributed by atoms with van der Waals surface area (Å²) in [5, 5.41) is 1.57. The third-order valence-corrected chi connectivity index (χ3v) is 5.78. The molecule has 0 N–H and O–H groups in total. The van der Waals surface area contributed by atoms with Gasteiger partial charge in [-0.1, -0.05) is 12.1 Å². The number of hydrogen-bond donors (Lipinski definition) is 0. The van der Waals surface area contributed by atoms with Gasteiger partial charge in [0.1, 0.15) is 22.9 Å². The third kappa shape index (κ3) is 4.00. The Balaban J connectivity index is 1.43. The molecule has 0 radical (unpaired) electrons. The molecule has 0 saturated carbocycles. The fraction of sp³-hybridized carbons (Fsp3) is 0.227. The summed E-state index contributed by atoms with van der Waals surface area (Å²) >= 11 is 1.50. The van der Waals surface area contributed by atoms with Gasteiger partial charge in [-0.3, -0.25) is 4.79 Å². The molecule has 0 amide bonds. The summed E-state index contributed by atoms with van der Waals surface area (Å²) in [4.78, 5) is 29.0. The number of methoxy groups -OCH3 is 1. The van der Waals surface area contributed by atoms with Crippen LogP contribution in [-0.2, 0) is 22.6 Å². The number of ether oxygens (including phenoxy) is 2. The Morgan fingerprint density at radius 1 is 1.21 bits per heavy atom. The van der Waals surface area contributed by atoms with Crippen molar-refractivity contribution in [3.8, 4) is 5.75 Å². The van der Waals surface area contributed by atoms with Crippen molar-refractivity contribution in [1.29, 1.82) is 0 Å². The van der Waals surface area contributed by atoms with Crippen molar-refractivity contribution in [2.75, 3.05) is 7.11 Å². The molecule has 0 saturated heterocycles. The van der Waals surface area contributed by atoms with Gasteiger partial charge < -0.3 is 13.9 Å². The van der Waals surface area contributed by atoms with Gasteiger partial charge in [0.25, 0.3) is 0 Å². The van der Waals surface area contributed by atoms with E-state index in [0.29, 0.717) is 16.9 Å². The van der Waals surface area contributed by atoms with Gasteiger partial charge in [-0.25, -0.2) is 9.78 Å². The van der Waals surface area contributed by atoms with Crippen molar-refractivity contribution in [1.82, 2.24) is 4.98 Å². The predicted molar refractivity (Wildman–Crippen MR) is 112 cm³/mol. The van der Waals surface area contributed by atoms with E-state index in [-0.39, 0.29) is 25.4 Å². The summed E-state index contributed by atoms with van der Waals surface area (Å²) in [6, 6.07) is 13.1. The zero-order valence-corrected chi connectivity index (χ0v) is 16.9. The summed E-state index contributed by atoms with van der Waals surface area (Å²) < 4.78 is 17.0. The molecule has 0 unspecified atom stereocenters. The van der Waals surface area contributed by atoms with Gasteiger partial charge in [0.2, 0.25) is 0 Å². The van der Waals surface area contributed by atoms with Gasteiger partial charge in [0.05, 0.1) is 17.3 Å². The molecule has 0 aliphatic heterocycles. The van der Waals surface area contributed by atoms with E-state index >= 15 is 0 Å². The van der Waals surface area contributed by atoms with Crippen LogP contribution in [0.15, 0.2) is 51.7 Å². The maximum absolute atomic E-state index is 12.4. The number of nitrogens with zero attached hydrogens (tertiary/aromatic N) is 1. The minimum atomic E-state index is -0.442. The number of para-hydroxylation sites is 1. The number of aromatic nitrogens is 1. The lowest BCUT2D eigenvalue weighted by Crippen LogP contribution is -2.13. The summed E-state index contributed by atoms with van der Waals surface area (Å²) in [6.07, 6.45) is 0.354. The van der Waals surface area contributed by atoms with Gasteiger partial charge in [0.15, 0.2) is 0 Å². The molecule has 0 atom stereocenters. The lowest BCUT2D eigenvalue weighted by atomic mass is 10.0. The average molecular weight is 409 g/mol. The molecule has 2 aromatic carbocycles. The number of benzene rings is 2. The Morgan fingerprint density at radius 3 is 2.83 bits per heavy atom. The second kappa shape index (κ2) is 8.05. The van der Waals surface area contributed by atoms with Gasteiger partial charge in [0, 0.05) is 23.4 Å². The first-order valence-corrected chi connectivity index (χ1v) is 9.97. The van der Waals surface area contributed by atoms with Gasteiger partial charge in [-0.15, -0.1) is 11.3 Å². The van der Waals surface area contributed by atoms with E-state index in [9.17, 15) is 9.59 Å². The Labute approximate surface area is 170 Å². The number of hydrogen-bond acceptors (Lipinski definition) is 7. The Kier molecular flexibility index (Phi) is 5.31. The minimum Gasteiger partial charge on any atom is -0.497 e. The maximum Gasteiger partial charge on any atom is 0.339 e. The Bertz CT molecular complexity index is 1220. The summed E-state index contributed by atoms with van der Waals surface area (Å²) in [5.41, 5.74) is 2.21. The molecular formula is C22H19NO5S. The zero-order chi connectivity index (χ0) is 20.4. The highest BCUT2D eigenvalue weighted by Gasteiger charge is 2.15. The van der Waals surface area contributed by atoms with Crippen molar-refractivity contribution in [3.63, 3.8) is 0 Å². The molecule has 0 bridgehead atoms. The van der Waals surface area contributed by atoms with Crippen molar-refractivity contribution in [2.24, 2.45) is 0 Å². The first kappa shape index (κ1) is 19.1. The van der Waals surface area contributed by atoms with E-state index in [2.05, 4.69) is 4.98 Å². The lowest BCUT2D eigenvalue weighted by molar-refractivity contribution is -0.144.